The van der Waals surface area contributed by atoms with Crippen LogP contribution in [-0.2, 0) is 11.2 Å². The summed E-state index contributed by atoms with van der Waals surface area (Å²) in [6.45, 7) is 2.14. The van der Waals surface area contributed by atoms with Crippen molar-refractivity contribution in [2.24, 2.45) is 0 Å². The van der Waals surface area contributed by atoms with Crippen molar-refractivity contribution in [2.45, 2.75) is 13.3 Å². The van der Waals surface area contributed by atoms with Gasteiger partial charge in [-0.3, -0.25) is 4.79 Å². The van der Waals surface area contributed by atoms with E-state index in [0.29, 0.717) is 24.0 Å². The molecular formula is C20H22N6O2. The van der Waals surface area contributed by atoms with Crippen LogP contribution in [0.15, 0.2) is 54.7 Å². The van der Waals surface area contributed by atoms with E-state index in [4.69, 9.17) is 4.74 Å². The number of nitrogens with one attached hydrogen (secondary N) is 3. The van der Waals surface area contributed by atoms with Crippen LogP contribution in [0.4, 0.5) is 23.1 Å². The summed E-state index contributed by atoms with van der Waals surface area (Å²) in [5.74, 6) is 1.72. The highest BCUT2D eigenvalue weighted by Gasteiger charge is 2.05. The Morgan fingerprint density at radius 2 is 1.93 bits per heavy atom. The molecule has 0 aliphatic heterocycles. The number of benzene rings is 2. The van der Waals surface area contributed by atoms with Crippen LogP contribution in [0.3, 0.4) is 0 Å². The van der Waals surface area contributed by atoms with Crippen molar-refractivity contribution < 1.29 is 9.53 Å². The smallest absolute Gasteiger partial charge is 0.249 e. The lowest BCUT2D eigenvalue weighted by molar-refractivity contribution is -0.114. The van der Waals surface area contributed by atoms with Crippen LogP contribution in [-0.4, -0.2) is 34.7 Å². The van der Waals surface area contributed by atoms with Crippen LogP contribution in [0.25, 0.3) is 0 Å². The van der Waals surface area contributed by atoms with Crippen LogP contribution < -0.4 is 20.7 Å². The Labute approximate surface area is 163 Å². The maximum Gasteiger partial charge on any atom is 0.249 e. The summed E-state index contributed by atoms with van der Waals surface area (Å²) < 4.78 is 5.37. The number of methoxy groups -OCH3 is 1. The van der Waals surface area contributed by atoms with Crippen molar-refractivity contribution in [2.75, 3.05) is 29.6 Å². The van der Waals surface area contributed by atoms with E-state index in [-0.39, 0.29) is 5.91 Å². The van der Waals surface area contributed by atoms with E-state index >= 15 is 0 Å². The van der Waals surface area contributed by atoms with E-state index < -0.39 is 0 Å². The predicted molar refractivity (Wildman–Crippen MR) is 109 cm³/mol. The van der Waals surface area contributed by atoms with Gasteiger partial charge in [0.2, 0.25) is 11.9 Å². The van der Waals surface area contributed by atoms with Crippen molar-refractivity contribution in [1.82, 2.24) is 15.2 Å². The number of ether oxygens (including phenoxy) is 1. The lowest BCUT2D eigenvalue weighted by Crippen LogP contribution is -2.09. The molecule has 2 aromatic carbocycles. The van der Waals surface area contributed by atoms with Gasteiger partial charge < -0.3 is 20.7 Å². The quantitative estimate of drug-likeness (QED) is 0.553. The molecule has 0 spiro atoms. The van der Waals surface area contributed by atoms with Gasteiger partial charge in [0.15, 0.2) is 5.82 Å². The maximum atomic E-state index is 11.2. The van der Waals surface area contributed by atoms with Crippen LogP contribution in [0.2, 0.25) is 0 Å². The molecule has 0 unspecified atom stereocenters. The van der Waals surface area contributed by atoms with Gasteiger partial charge in [-0.2, -0.15) is 10.1 Å². The number of nitrogens with zero attached hydrogens (tertiary/aromatic N) is 3. The summed E-state index contributed by atoms with van der Waals surface area (Å²) in [7, 11) is 1.67. The molecule has 0 bridgehead atoms. The van der Waals surface area contributed by atoms with Crippen LogP contribution in [0.5, 0.6) is 5.75 Å². The molecule has 0 saturated heterocycles. The third-order valence-electron chi connectivity index (χ3n) is 3.89. The molecule has 3 N–H and O–H groups in total. The minimum atomic E-state index is -0.128. The monoisotopic (exact) mass is 378 g/mol. The Kier molecular flexibility index (Phi) is 6.35. The first-order valence-corrected chi connectivity index (χ1v) is 8.84. The van der Waals surface area contributed by atoms with Crippen LogP contribution >= 0.6 is 0 Å². The first-order chi connectivity index (χ1) is 13.6. The molecule has 3 rings (SSSR count). The van der Waals surface area contributed by atoms with Gasteiger partial charge >= 0.3 is 0 Å². The topological polar surface area (TPSA) is 101 Å². The fraction of sp³-hybridized carbons (Fsp3) is 0.200. The van der Waals surface area contributed by atoms with E-state index in [1.165, 1.54) is 6.92 Å². The first-order valence-electron chi connectivity index (χ1n) is 8.84. The fourth-order valence-electron chi connectivity index (χ4n) is 2.68. The molecular weight excluding hydrogens is 356 g/mol. The second-order valence-corrected chi connectivity index (χ2v) is 6.04. The summed E-state index contributed by atoms with van der Waals surface area (Å²) in [6.07, 6.45) is 2.36. The number of para-hydroxylation sites is 1. The Morgan fingerprint density at radius 3 is 2.75 bits per heavy atom. The van der Waals surface area contributed by atoms with Gasteiger partial charge in [-0.1, -0.05) is 24.3 Å². The number of aromatic nitrogens is 3. The molecule has 8 nitrogen and oxygen atoms in total. The molecule has 28 heavy (non-hydrogen) atoms. The van der Waals surface area contributed by atoms with Crippen molar-refractivity contribution in [3.05, 3.63) is 60.3 Å². The van der Waals surface area contributed by atoms with Gasteiger partial charge in [0.05, 0.1) is 13.3 Å². The largest absolute Gasteiger partial charge is 0.496 e. The highest BCUT2D eigenvalue weighted by atomic mass is 16.5. The van der Waals surface area contributed by atoms with E-state index in [0.717, 1.165) is 23.4 Å². The average Bonchev–Trinajstić information content (AvgIpc) is 2.68. The Morgan fingerprint density at radius 1 is 1.11 bits per heavy atom. The Balaban J connectivity index is 1.60. The van der Waals surface area contributed by atoms with Gasteiger partial charge in [0, 0.05) is 24.8 Å². The normalized spacial score (nSPS) is 10.2. The molecule has 1 amide bonds. The van der Waals surface area contributed by atoms with E-state index in [1.54, 1.807) is 19.4 Å². The summed E-state index contributed by atoms with van der Waals surface area (Å²) in [5.41, 5.74) is 2.56. The molecule has 0 aliphatic carbocycles. The van der Waals surface area contributed by atoms with E-state index in [1.807, 2.05) is 42.5 Å². The van der Waals surface area contributed by atoms with E-state index in [2.05, 4.69) is 31.1 Å². The number of hydrogen-bond donors (Lipinski definition) is 3. The molecule has 0 saturated carbocycles. The molecule has 8 heteroatoms. The first kappa shape index (κ1) is 19.1. The molecule has 1 aromatic heterocycles. The Hall–Kier alpha value is -3.68. The molecule has 144 valence electrons. The third kappa shape index (κ3) is 5.41. The zero-order valence-electron chi connectivity index (χ0n) is 15.8. The molecule has 3 aromatic rings. The van der Waals surface area contributed by atoms with Gasteiger partial charge in [-0.05, 0) is 36.2 Å². The lowest BCUT2D eigenvalue weighted by atomic mass is 10.1. The zero-order valence-corrected chi connectivity index (χ0v) is 15.8. The van der Waals surface area contributed by atoms with Crippen molar-refractivity contribution >= 4 is 29.0 Å². The number of hydrogen-bond acceptors (Lipinski definition) is 7. The lowest BCUT2D eigenvalue weighted by Gasteiger charge is -2.10. The summed E-state index contributed by atoms with van der Waals surface area (Å²) >= 11 is 0. The fourth-order valence-corrected chi connectivity index (χ4v) is 2.68. The summed E-state index contributed by atoms with van der Waals surface area (Å²) in [4.78, 5) is 15.6. The number of anilines is 4. The number of carbonyl (C=O) groups is 1. The van der Waals surface area contributed by atoms with Gasteiger partial charge in [0.1, 0.15) is 5.75 Å². The molecule has 0 aliphatic rings. The number of carbonyl (C=O) groups excluding carboxylic acids is 1. The van der Waals surface area contributed by atoms with Crippen molar-refractivity contribution in [1.29, 1.82) is 0 Å². The second-order valence-electron chi connectivity index (χ2n) is 6.04. The zero-order chi connectivity index (χ0) is 19.8. The van der Waals surface area contributed by atoms with Gasteiger partial charge in [-0.15, -0.1) is 5.10 Å². The van der Waals surface area contributed by atoms with Crippen LogP contribution in [0.1, 0.15) is 12.5 Å². The highest BCUT2D eigenvalue weighted by molar-refractivity contribution is 5.89. The molecule has 1 heterocycles. The minimum absolute atomic E-state index is 0.128. The van der Waals surface area contributed by atoms with Gasteiger partial charge in [0.25, 0.3) is 0 Å². The Bertz CT molecular complexity index is 947. The average molecular weight is 378 g/mol. The minimum Gasteiger partial charge on any atom is -0.496 e. The number of amides is 1. The van der Waals surface area contributed by atoms with Crippen molar-refractivity contribution in [3.8, 4) is 5.75 Å². The third-order valence-corrected chi connectivity index (χ3v) is 3.89. The van der Waals surface area contributed by atoms with Crippen LogP contribution in [0, 0.1) is 0 Å². The predicted octanol–water partition coefficient (Wildman–Crippen LogP) is 3.24. The molecule has 0 radical (unpaired) electrons. The standard InChI is InChI=1S/C20H22N6O2/c1-14(27)23-16-7-5-8-17(12-16)24-20-25-19(13-22-26-20)21-11-10-15-6-3-4-9-18(15)28-2/h3-9,12-13H,10-11H2,1-2H3,(H,23,27)(H2,21,24,25,26). The SMILES string of the molecule is COc1ccccc1CCNc1cnnc(Nc2cccc(NC(C)=O)c2)n1. The number of rotatable bonds is 8. The highest BCUT2D eigenvalue weighted by Crippen LogP contribution is 2.19. The summed E-state index contributed by atoms with van der Waals surface area (Å²) in [6, 6.07) is 15.2. The van der Waals surface area contributed by atoms with Gasteiger partial charge in [-0.25, -0.2) is 0 Å². The summed E-state index contributed by atoms with van der Waals surface area (Å²) in [5, 5.41) is 17.0. The maximum absolute atomic E-state index is 11.2. The molecule has 0 fully saturated rings. The second kappa shape index (κ2) is 9.31. The van der Waals surface area contributed by atoms with E-state index in [9.17, 15) is 4.79 Å². The van der Waals surface area contributed by atoms with Crippen molar-refractivity contribution in [3.63, 3.8) is 0 Å². The molecule has 0 atom stereocenters.